The van der Waals surface area contributed by atoms with Gasteiger partial charge in [-0.2, -0.15) is 0 Å². The van der Waals surface area contributed by atoms with Crippen molar-refractivity contribution in [2.45, 2.75) is 39.5 Å². The van der Waals surface area contributed by atoms with Gasteiger partial charge in [-0.15, -0.1) is 0 Å². The average molecular weight is 220 g/mol. The molecule has 0 saturated carbocycles. The lowest BCUT2D eigenvalue weighted by Crippen LogP contribution is -1.97. The van der Waals surface area contributed by atoms with Gasteiger partial charge in [0, 0.05) is 12.0 Å². The molecule has 16 heavy (non-hydrogen) atoms. The first-order valence-electron chi connectivity index (χ1n) is 5.74. The summed E-state index contributed by atoms with van der Waals surface area (Å²) < 4.78 is 0. The molecule has 0 heterocycles. The number of carbonyl (C=O) groups excluding carboxylic acids is 2. The molecule has 0 bridgehead atoms. The van der Waals surface area contributed by atoms with Gasteiger partial charge in [-0.25, -0.2) is 0 Å². The highest BCUT2D eigenvalue weighted by Crippen LogP contribution is 2.07. The number of hydrogen-bond acceptors (Lipinski definition) is 2. The summed E-state index contributed by atoms with van der Waals surface area (Å²) in [4.78, 5) is 20.3. The van der Waals surface area contributed by atoms with E-state index in [1.165, 1.54) is 13.3 Å². The van der Waals surface area contributed by atoms with E-state index < -0.39 is 0 Å². The highest BCUT2D eigenvalue weighted by molar-refractivity contribution is 5.95. The molecule has 0 radical (unpaired) electrons. The first-order valence-corrected chi connectivity index (χ1v) is 5.74. The Labute approximate surface area is 97.7 Å². The Balaban J connectivity index is 0.000000673. The maximum Gasteiger partial charge on any atom is 0.162 e. The molecule has 0 aromatic heterocycles. The monoisotopic (exact) mass is 220 g/mol. The summed E-state index contributed by atoms with van der Waals surface area (Å²) in [5.74, 6) is 0.272. The second kappa shape index (κ2) is 10.1. The van der Waals surface area contributed by atoms with E-state index in [1.807, 2.05) is 30.3 Å². The van der Waals surface area contributed by atoms with Crippen LogP contribution in [0.2, 0.25) is 0 Å². The van der Waals surface area contributed by atoms with Crippen LogP contribution in [0.4, 0.5) is 0 Å². The molecule has 0 aliphatic heterocycles. The third-order valence-corrected chi connectivity index (χ3v) is 2.10. The van der Waals surface area contributed by atoms with Gasteiger partial charge in [0.05, 0.1) is 0 Å². The van der Waals surface area contributed by atoms with E-state index >= 15 is 0 Å². The van der Waals surface area contributed by atoms with Crippen molar-refractivity contribution in [2.24, 2.45) is 0 Å². The van der Waals surface area contributed by atoms with Crippen LogP contribution in [0.25, 0.3) is 0 Å². The Morgan fingerprint density at radius 2 is 1.75 bits per heavy atom. The van der Waals surface area contributed by atoms with Gasteiger partial charge < -0.3 is 4.79 Å². The van der Waals surface area contributed by atoms with Crippen molar-refractivity contribution in [2.75, 3.05) is 0 Å². The largest absolute Gasteiger partial charge is 0.304 e. The normalized spacial score (nSPS) is 8.88. The van der Waals surface area contributed by atoms with Crippen LogP contribution >= 0.6 is 0 Å². The molecule has 88 valence electrons. The fourth-order valence-corrected chi connectivity index (χ4v) is 1.30. The van der Waals surface area contributed by atoms with Crippen molar-refractivity contribution in [1.29, 1.82) is 0 Å². The molecule has 0 fully saturated rings. The van der Waals surface area contributed by atoms with Crippen LogP contribution in [0.5, 0.6) is 0 Å². The number of unbranched alkanes of at least 4 members (excludes halogenated alkanes) is 2. The van der Waals surface area contributed by atoms with E-state index in [0.29, 0.717) is 6.42 Å². The summed E-state index contributed by atoms with van der Waals surface area (Å²) in [5, 5.41) is 0. The summed E-state index contributed by atoms with van der Waals surface area (Å²) >= 11 is 0. The highest BCUT2D eigenvalue weighted by Gasteiger charge is 2.02. The first-order chi connectivity index (χ1) is 7.76. The van der Waals surface area contributed by atoms with Gasteiger partial charge in [0.1, 0.15) is 6.29 Å². The van der Waals surface area contributed by atoms with E-state index in [-0.39, 0.29) is 5.78 Å². The second-order valence-corrected chi connectivity index (χ2v) is 3.48. The number of carbonyl (C=O) groups is 2. The number of aldehydes is 1. The standard InChI is InChI=1S/C12H16O.C2H4O/c1-2-3-5-10-12(13)11-8-6-4-7-9-11;1-2-3/h4,6-9H,2-3,5,10H2,1H3;2H,1H3. The van der Waals surface area contributed by atoms with Gasteiger partial charge in [-0.05, 0) is 13.3 Å². The Morgan fingerprint density at radius 3 is 2.25 bits per heavy atom. The lowest BCUT2D eigenvalue weighted by molar-refractivity contribution is -0.106. The Kier molecular flexibility index (Phi) is 9.18. The molecule has 2 nitrogen and oxygen atoms in total. The maximum atomic E-state index is 11.5. The van der Waals surface area contributed by atoms with E-state index in [2.05, 4.69) is 6.92 Å². The zero-order chi connectivity index (χ0) is 12.2. The summed E-state index contributed by atoms with van der Waals surface area (Å²) in [6.07, 6.45) is 4.78. The van der Waals surface area contributed by atoms with Gasteiger partial charge in [0.2, 0.25) is 0 Å². The average Bonchev–Trinajstić information content (AvgIpc) is 2.31. The molecular weight excluding hydrogens is 200 g/mol. The molecule has 1 aromatic carbocycles. The number of rotatable bonds is 5. The topological polar surface area (TPSA) is 34.1 Å². The van der Waals surface area contributed by atoms with Gasteiger partial charge >= 0.3 is 0 Å². The quantitative estimate of drug-likeness (QED) is 0.431. The second-order valence-electron chi connectivity index (χ2n) is 3.48. The molecule has 2 heteroatoms. The molecule has 0 unspecified atom stereocenters. The summed E-state index contributed by atoms with van der Waals surface area (Å²) in [7, 11) is 0. The molecule has 1 aromatic rings. The number of ketones is 1. The summed E-state index contributed by atoms with van der Waals surface area (Å²) in [6, 6.07) is 9.52. The molecule has 0 aliphatic carbocycles. The zero-order valence-corrected chi connectivity index (χ0v) is 10.1. The minimum atomic E-state index is 0.272. The fraction of sp³-hybridized carbons (Fsp3) is 0.429. The minimum absolute atomic E-state index is 0.272. The first kappa shape index (κ1) is 14.6. The number of hydrogen-bond donors (Lipinski definition) is 0. The van der Waals surface area contributed by atoms with Crippen molar-refractivity contribution in [3.05, 3.63) is 35.9 Å². The summed E-state index contributed by atoms with van der Waals surface area (Å²) in [6.45, 7) is 3.59. The van der Waals surface area contributed by atoms with E-state index in [0.717, 1.165) is 24.7 Å². The molecule has 1 rings (SSSR count). The van der Waals surface area contributed by atoms with Gasteiger partial charge in [0.25, 0.3) is 0 Å². The lowest BCUT2D eigenvalue weighted by atomic mass is 10.1. The van der Waals surface area contributed by atoms with Crippen LogP contribution in [0.15, 0.2) is 30.3 Å². The van der Waals surface area contributed by atoms with Gasteiger partial charge in [0.15, 0.2) is 5.78 Å². The zero-order valence-electron chi connectivity index (χ0n) is 10.1. The van der Waals surface area contributed by atoms with E-state index in [9.17, 15) is 4.79 Å². The van der Waals surface area contributed by atoms with Crippen LogP contribution in [-0.2, 0) is 4.79 Å². The van der Waals surface area contributed by atoms with Crippen LogP contribution < -0.4 is 0 Å². The predicted octanol–water partition coefficient (Wildman–Crippen LogP) is 3.65. The Morgan fingerprint density at radius 1 is 1.19 bits per heavy atom. The van der Waals surface area contributed by atoms with E-state index in [1.54, 1.807) is 0 Å². The molecule has 0 saturated heterocycles. The SMILES string of the molecule is CC=O.CCCCCC(=O)c1ccccc1. The van der Waals surface area contributed by atoms with Crippen LogP contribution in [0, 0.1) is 0 Å². The maximum absolute atomic E-state index is 11.5. The van der Waals surface area contributed by atoms with Crippen LogP contribution in [0.3, 0.4) is 0 Å². The lowest BCUT2D eigenvalue weighted by Gasteiger charge is -1.99. The van der Waals surface area contributed by atoms with E-state index in [4.69, 9.17) is 4.79 Å². The van der Waals surface area contributed by atoms with Gasteiger partial charge in [-0.3, -0.25) is 4.79 Å². The van der Waals surface area contributed by atoms with Crippen molar-refractivity contribution in [1.82, 2.24) is 0 Å². The molecular formula is C14H20O2. The number of Topliss-reactive ketones (excluding diaryl/α,β-unsaturated/α-hetero) is 1. The van der Waals surface area contributed by atoms with Gasteiger partial charge in [-0.1, -0.05) is 50.1 Å². The Bertz CT molecular complexity index is 291. The van der Waals surface area contributed by atoms with Crippen molar-refractivity contribution >= 4 is 12.1 Å². The summed E-state index contributed by atoms with van der Waals surface area (Å²) in [5.41, 5.74) is 0.846. The molecule has 0 aliphatic rings. The molecule has 0 atom stereocenters. The van der Waals surface area contributed by atoms with Crippen molar-refractivity contribution < 1.29 is 9.59 Å². The van der Waals surface area contributed by atoms with Crippen LogP contribution in [-0.4, -0.2) is 12.1 Å². The highest BCUT2D eigenvalue weighted by atomic mass is 16.1. The third-order valence-electron chi connectivity index (χ3n) is 2.10. The predicted molar refractivity (Wildman–Crippen MR) is 66.7 cm³/mol. The molecule has 0 spiro atoms. The fourth-order valence-electron chi connectivity index (χ4n) is 1.30. The molecule has 0 amide bonds. The number of benzene rings is 1. The Hall–Kier alpha value is -1.44. The van der Waals surface area contributed by atoms with Crippen molar-refractivity contribution in [3.63, 3.8) is 0 Å². The third kappa shape index (κ3) is 6.93. The van der Waals surface area contributed by atoms with Crippen molar-refractivity contribution in [3.8, 4) is 0 Å². The minimum Gasteiger partial charge on any atom is -0.304 e. The van der Waals surface area contributed by atoms with Crippen LogP contribution in [0.1, 0.15) is 49.9 Å². The smallest absolute Gasteiger partial charge is 0.162 e. The molecule has 0 N–H and O–H groups in total.